The van der Waals surface area contributed by atoms with Crippen LogP contribution in [0.15, 0.2) is 0 Å². The van der Waals surface area contributed by atoms with Crippen molar-refractivity contribution < 1.29 is 14.6 Å². The number of rotatable bonds is 5. The van der Waals surface area contributed by atoms with Gasteiger partial charge >= 0.3 is 0 Å². The maximum absolute atomic E-state index is 11.4. The van der Waals surface area contributed by atoms with Crippen LogP contribution in [-0.2, 0) is 4.57 Å². The Bertz CT molecular complexity index is 168. The van der Waals surface area contributed by atoms with Gasteiger partial charge in [-0.05, 0) is 11.8 Å². The van der Waals surface area contributed by atoms with Crippen LogP contribution in [0.2, 0.25) is 0 Å². The van der Waals surface area contributed by atoms with Gasteiger partial charge < -0.3 is 10.00 Å². The Labute approximate surface area is 74.3 Å². The highest BCUT2D eigenvalue weighted by atomic mass is 31.2. The average molecular weight is 194 g/mol. The fourth-order valence-corrected chi connectivity index (χ4v) is 3.57. The van der Waals surface area contributed by atoms with Crippen molar-refractivity contribution in [3.63, 3.8) is 0 Å². The SMILES string of the molecule is CC(C)CP(=O)(O)CC(C)CO. The Kier molecular flexibility index (Phi) is 5.07. The van der Waals surface area contributed by atoms with Gasteiger partial charge in [0.15, 0.2) is 0 Å². The largest absolute Gasteiger partial charge is 0.396 e. The van der Waals surface area contributed by atoms with Crippen molar-refractivity contribution in [3.8, 4) is 0 Å². The van der Waals surface area contributed by atoms with Gasteiger partial charge in [-0.15, -0.1) is 0 Å². The molecule has 2 N–H and O–H groups in total. The van der Waals surface area contributed by atoms with Crippen LogP contribution in [0.3, 0.4) is 0 Å². The lowest BCUT2D eigenvalue weighted by atomic mass is 10.2. The zero-order chi connectivity index (χ0) is 9.78. The summed E-state index contributed by atoms with van der Waals surface area (Å²) in [6.07, 6.45) is 0.596. The van der Waals surface area contributed by atoms with Crippen LogP contribution in [0.25, 0.3) is 0 Å². The van der Waals surface area contributed by atoms with Crippen molar-refractivity contribution in [2.75, 3.05) is 18.9 Å². The Morgan fingerprint density at radius 2 is 1.75 bits per heavy atom. The van der Waals surface area contributed by atoms with Crippen LogP contribution < -0.4 is 0 Å². The molecular weight excluding hydrogens is 175 g/mol. The molecule has 0 aromatic heterocycles. The maximum Gasteiger partial charge on any atom is 0.201 e. The van der Waals surface area contributed by atoms with Crippen LogP contribution in [0.5, 0.6) is 0 Å². The van der Waals surface area contributed by atoms with Gasteiger partial charge in [0.1, 0.15) is 0 Å². The summed E-state index contributed by atoms with van der Waals surface area (Å²) >= 11 is 0. The Morgan fingerprint density at radius 1 is 1.25 bits per heavy atom. The molecule has 0 spiro atoms. The van der Waals surface area contributed by atoms with Crippen LogP contribution in [0.4, 0.5) is 0 Å². The van der Waals surface area contributed by atoms with E-state index in [9.17, 15) is 9.46 Å². The van der Waals surface area contributed by atoms with Gasteiger partial charge in [-0.3, -0.25) is 4.57 Å². The number of aliphatic hydroxyl groups excluding tert-OH is 1. The molecule has 74 valence electrons. The van der Waals surface area contributed by atoms with Crippen LogP contribution in [-0.4, -0.2) is 28.9 Å². The van der Waals surface area contributed by atoms with Crippen LogP contribution in [0, 0.1) is 11.8 Å². The van der Waals surface area contributed by atoms with Crippen molar-refractivity contribution in [1.82, 2.24) is 0 Å². The van der Waals surface area contributed by atoms with Gasteiger partial charge in [0.2, 0.25) is 7.37 Å². The first-order chi connectivity index (χ1) is 5.37. The van der Waals surface area contributed by atoms with Crippen molar-refractivity contribution >= 4 is 7.37 Å². The van der Waals surface area contributed by atoms with Crippen molar-refractivity contribution in [2.45, 2.75) is 20.8 Å². The third-order valence-electron chi connectivity index (χ3n) is 1.56. The first kappa shape index (κ1) is 12.2. The predicted molar refractivity (Wildman–Crippen MR) is 50.6 cm³/mol. The first-order valence-electron chi connectivity index (χ1n) is 4.29. The second-order valence-corrected chi connectivity index (χ2v) is 6.32. The van der Waals surface area contributed by atoms with Gasteiger partial charge in [0.05, 0.1) is 0 Å². The van der Waals surface area contributed by atoms with Gasteiger partial charge in [0.25, 0.3) is 0 Å². The van der Waals surface area contributed by atoms with Crippen LogP contribution in [0.1, 0.15) is 20.8 Å². The topological polar surface area (TPSA) is 57.5 Å². The van der Waals surface area contributed by atoms with E-state index in [0.29, 0.717) is 6.16 Å². The predicted octanol–water partition coefficient (Wildman–Crippen LogP) is 1.54. The smallest absolute Gasteiger partial charge is 0.201 e. The highest BCUT2D eigenvalue weighted by Crippen LogP contribution is 2.43. The molecule has 0 aliphatic carbocycles. The molecule has 0 aromatic carbocycles. The third-order valence-corrected chi connectivity index (χ3v) is 4.05. The van der Waals surface area contributed by atoms with Gasteiger partial charge in [-0.25, -0.2) is 0 Å². The summed E-state index contributed by atoms with van der Waals surface area (Å²) in [4.78, 5) is 9.43. The second-order valence-electron chi connectivity index (χ2n) is 3.89. The zero-order valence-corrected chi connectivity index (χ0v) is 8.92. The summed E-state index contributed by atoms with van der Waals surface area (Å²) in [6, 6.07) is 0. The summed E-state index contributed by atoms with van der Waals surface area (Å²) in [5.74, 6) is 0.173. The van der Waals surface area contributed by atoms with E-state index in [1.54, 1.807) is 6.92 Å². The molecule has 0 radical (unpaired) electrons. The van der Waals surface area contributed by atoms with Crippen molar-refractivity contribution in [3.05, 3.63) is 0 Å². The van der Waals surface area contributed by atoms with E-state index in [-0.39, 0.29) is 24.6 Å². The average Bonchev–Trinajstić information content (AvgIpc) is 1.83. The van der Waals surface area contributed by atoms with E-state index in [0.717, 1.165) is 0 Å². The lowest BCUT2D eigenvalue weighted by Gasteiger charge is -2.16. The molecule has 2 atom stereocenters. The molecule has 0 aromatic rings. The molecule has 2 unspecified atom stereocenters. The van der Waals surface area contributed by atoms with E-state index < -0.39 is 7.37 Å². The summed E-state index contributed by atoms with van der Waals surface area (Å²) in [5.41, 5.74) is 0. The molecule has 3 nitrogen and oxygen atoms in total. The Morgan fingerprint density at radius 3 is 2.08 bits per heavy atom. The molecule has 0 bridgehead atoms. The molecule has 0 aliphatic heterocycles. The molecule has 0 saturated heterocycles. The highest BCUT2D eigenvalue weighted by Gasteiger charge is 2.22. The second kappa shape index (κ2) is 5.00. The summed E-state index contributed by atoms with van der Waals surface area (Å²) in [5, 5.41) is 8.70. The summed E-state index contributed by atoms with van der Waals surface area (Å²) < 4.78 is 11.4. The molecule has 0 heterocycles. The molecule has 0 aliphatic rings. The quantitative estimate of drug-likeness (QED) is 0.653. The van der Waals surface area contributed by atoms with Gasteiger partial charge in [-0.1, -0.05) is 20.8 Å². The monoisotopic (exact) mass is 194 g/mol. The van der Waals surface area contributed by atoms with Gasteiger partial charge in [0, 0.05) is 18.9 Å². The number of aliphatic hydroxyl groups is 1. The first-order valence-corrected chi connectivity index (χ1v) is 6.32. The Hall–Kier alpha value is 0.150. The van der Waals surface area contributed by atoms with E-state index in [1.165, 1.54) is 0 Å². The van der Waals surface area contributed by atoms with E-state index in [1.807, 2.05) is 13.8 Å². The molecule has 0 rings (SSSR count). The fraction of sp³-hybridized carbons (Fsp3) is 1.00. The van der Waals surface area contributed by atoms with Crippen molar-refractivity contribution in [1.29, 1.82) is 0 Å². The minimum Gasteiger partial charge on any atom is -0.396 e. The standard InChI is InChI=1S/C8H19O3P/c1-7(2)5-12(10,11)6-8(3)4-9/h7-9H,4-6H2,1-3H3,(H,10,11). The fourth-order valence-electron chi connectivity index (χ4n) is 1.19. The third kappa shape index (κ3) is 5.76. The number of hydrogen-bond donors (Lipinski definition) is 2. The molecular formula is C8H19O3P. The minimum atomic E-state index is -2.98. The van der Waals surface area contributed by atoms with Gasteiger partial charge in [-0.2, -0.15) is 0 Å². The molecule has 12 heavy (non-hydrogen) atoms. The van der Waals surface area contributed by atoms with Crippen LogP contribution >= 0.6 is 7.37 Å². The lowest BCUT2D eigenvalue weighted by molar-refractivity contribution is 0.246. The highest BCUT2D eigenvalue weighted by molar-refractivity contribution is 7.58. The van der Waals surface area contributed by atoms with E-state index in [2.05, 4.69) is 0 Å². The molecule has 0 amide bonds. The summed E-state index contributed by atoms with van der Waals surface area (Å²) in [6.45, 7) is 5.62. The van der Waals surface area contributed by atoms with E-state index in [4.69, 9.17) is 5.11 Å². The summed E-state index contributed by atoms with van der Waals surface area (Å²) in [7, 11) is -2.98. The molecule has 0 saturated carbocycles. The lowest BCUT2D eigenvalue weighted by Crippen LogP contribution is -2.10. The maximum atomic E-state index is 11.4. The van der Waals surface area contributed by atoms with E-state index >= 15 is 0 Å². The molecule has 0 fully saturated rings. The minimum absolute atomic E-state index is 0.0113. The molecule has 4 heteroatoms. The number of hydrogen-bond acceptors (Lipinski definition) is 2. The zero-order valence-electron chi connectivity index (χ0n) is 8.03. The van der Waals surface area contributed by atoms with Crippen molar-refractivity contribution in [2.24, 2.45) is 11.8 Å². The Balaban J connectivity index is 3.95. The normalized spacial score (nSPS) is 19.2.